The van der Waals surface area contributed by atoms with E-state index in [9.17, 15) is 0 Å². The third-order valence-electron chi connectivity index (χ3n) is 2.44. The minimum Gasteiger partial charge on any atom is -0.317 e. The van der Waals surface area contributed by atoms with E-state index in [-0.39, 0.29) is 0 Å². The Morgan fingerprint density at radius 3 is 2.14 bits per heavy atom. The second kappa shape index (κ2) is 7.38. The molecule has 0 radical (unpaired) electrons. The highest BCUT2D eigenvalue weighted by molar-refractivity contribution is 4.69. The van der Waals surface area contributed by atoms with Crippen molar-refractivity contribution in [3.63, 3.8) is 0 Å². The maximum atomic E-state index is 3.42. The highest BCUT2D eigenvalue weighted by Gasteiger charge is 2.08. The number of rotatable bonds is 1. The normalized spacial score (nSPS) is 16.9. The molecule has 78 valence electrons. The smallest absolute Gasteiger partial charge is 0.0529 e. The molecule has 1 N–H and O–H groups in total. The van der Waals surface area contributed by atoms with Crippen molar-refractivity contribution >= 4 is 0 Å². The summed E-state index contributed by atoms with van der Waals surface area (Å²) in [4.78, 5) is 0. The lowest BCUT2D eigenvalue weighted by molar-refractivity contribution is 0.365. The maximum absolute atomic E-state index is 3.42. The summed E-state index contributed by atoms with van der Waals surface area (Å²) in [5, 5.41) is 13.5. The van der Waals surface area contributed by atoms with Crippen LogP contribution in [0, 0.1) is 5.92 Å². The minimum atomic E-state index is 1.02. The summed E-state index contributed by atoms with van der Waals surface area (Å²) >= 11 is 0. The molecule has 1 fully saturated rings. The van der Waals surface area contributed by atoms with E-state index in [1.807, 2.05) is 0 Å². The molecule has 0 atom stereocenters. The van der Waals surface area contributed by atoms with Gasteiger partial charge in [0.1, 0.15) is 0 Å². The standard InChI is InChI=1S/C7H15N.C3H3N3/c1-2-7-3-5-8-6-4-7;1-2-4-6-5-3-1/h7-8H,2-6H2,1H3;1-3H. The summed E-state index contributed by atoms with van der Waals surface area (Å²) in [6.07, 6.45) is 7.33. The van der Waals surface area contributed by atoms with Crippen LogP contribution in [0.3, 0.4) is 0 Å². The van der Waals surface area contributed by atoms with Crippen LogP contribution >= 0.6 is 0 Å². The highest BCUT2D eigenvalue weighted by Crippen LogP contribution is 2.13. The molecule has 0 spiro atoms. The van der Waals surface area contributed by atoms with Gasteiger partial charge in [0.15, 0.2) is 0 Å². The van der Waals surface area contributed by atoms with Crippen LogP contribution in [0.1, 0.15) is 26.2 Å². The Bertz CT molecular complexity index is 182. The summed E-state index contributed by atoms with van der Waals surface area (Å²) in [6.45, 7) is 4.78. The van der Waals surface area contributed by atoms with Gasteiger partial charge in [0.25, 0.3) is 0 Å². The van der Waals surface area contributed by atoms with Crippen LogP contribution in [-0.2, 0) is 0 Å². The summed E-state index contributed by atoms with van der Waals surface area (Å²) in [5.74, 6) is 1.02. The topological polar surface area (TPSA) is 50.7 Å². The molecule has 2 heterocycles. The summed E-state index contributed by atoms with van der Waals surface area (Å²) < 4.78 is 0. The van der Waals surface area contributed by atoms with Gasteiger partial charge in [-0.15, -0.1) is 10.2 Å². The van der Waals surface area contributed by atoms with Gasteiger partial charge in [0, 0.05) is 0 Å². The number of nitrogens with zero attached hydrogens (tertiary/aromatic N) is 3. The second-order valence-electron chi connectivity index (χ2n) is 3.41. The third kappa shape index (κ3) is 4.87. The molecule has 0 aromatic carbocycles. The Balaban J connectivity index is 0.000000146. The molecule has 4 heteroatoms. The van der Waals surface area contributed by atoms with Gasteiger partial charge in [0.05, 0.1) is 12.4 Å². The summed E-state index contributed by atoms with van der Waals surface area (Å²) in [7, 11) is 0. The molecule has 1 aliphatic rings. The van der Waals surface area contributed by atoms with Crippen LogP contribution in [0.5, 0.6) is 0 Å². The minimum absolute atomic E-state index is 1.02. The van der Waals surface area contributed by atoms with Crippen LogP contribution in [-0.4, -0.2) is 28.5 Å². The second-order valence-corrected chi connectivity index (χ2v) is 3.41. The van der Waals surface area contributed by atoms with E-state index in [0.717, 1.165) is 5.92 Å². The highest BCUT2D eigenvalue weighted by atomic mass is 15.3. The largest absolute Gasteiger partial charge is 0.317 e. The average Bonchev–Trinajstić information content (AvgIpc) is 2.33. The van der Waals surface area contributed by atoms with E-state index in [0.29, 0.717) is 0 Å². The molecule has 4 nitrogen and oxygen atoms in total. The van der Waals surface area contributed by atoms with Crippen LogP contribution in [0.2, 0.25) is 0 Å². The molecule has 0 saturated carbocycles. The predicted octanol–water partition coefficient (Wildman–Crippen LogP) is 1.27. The van der Waals surface area contributed by atoms with Gasteiger partial charge in [-0.3, -0.25) is 0 Å². The predicted molar refractivity (Wildman–Crippen MR) is 55.7 cm³/mol. The van der Waals surface area contributed by atoms with E-state index in [2.05, 4.69) is 27.7 Å². The lowest BCUT2D eigenvalue weighted by atomic mass is 9.96. The van der Waals surface area contributed by atoms with Crippen molar-refractivity contribution in [2.45, 2.75) is 26.2 Å². The fourth-order valence-corrected chi connectivity index (χ4v) is 1.49. The van der Waals surface area contributed by atoms with Crippen LogP contribution in [0.4, 0.5) is 0 Å². The van der Waals surface area contributed by atoms with Gasteiger partial charge < -0.3 is 5.32 Å². The zero-order chi connectivity index (χ0) is 10.1. The van der Waals surface area contributed by atoms with Gasteiger partial charge in [-0.2, -0.15) is 0 Å². The molecule has 1 aromatic rings. The summed E-state index contributed by atoms with van der Waals surface area (Å²) in [6, 6.07) is 1.72. The number of piperidine rings is 1. The van der Waals surface area contributed by atoms with Crippen molar-refractivity contribution in [2.24, 2.45) is 5.92 Å². The van der Waals surface area contributed by atoms with Gasteiger partial charge >= 0.3 is 0 Å². The Kier molecular flexibility index (Phi) is 5.82. The number of aromatic nitrogens is 3. The fourth-order valence-electron chi connectivity index (χ4n) is 1.49. The van der Waals surface area contributed by atoms with Gasteiger partial charge in [-0.1, -0.05) is 13.3 Å². The van der Waals surface area contributed by atoms with Crippen molar-refractivity contribution in [3.05, 3.63) is 18.5 Å². The molecule has 0 amide bonds. The molecule has 0 aliphatic carbocycles. The average molecular weight is 194 g/mol. The lowest BCUT2D eigenvalue weighted by Crippen LogP contribution is -2.27. The maximum Gasteiger partial charge on any atom is 0.0529 e. The van der Waals surface area contributed by atoms with Gasteiger partial charge in [0.2, 0.25) is 0 Å². The molecule has 0 unspecified atom stereocenters. The monoisotopic (exact) mass is 194 g/mol. The van der Waals surface area contributed by atoms with E-state index in [1.165, 1.54) is 32.4 Å². The molecule has 14 heavy (non-hydrogen) atoms. The van der Waals surface area contributed by atoms with Crippen molar-refractivity contribution < 1.29 is 0 Å². The molecule has 1 saturated heterocycles. The Morgan fingerprint density at radius 2 is 1.86 bits per heavy atom. The fraction of sp³-hybridized carbons (Fsp3) is 0.700. The lowest BCUT2D eigenvalue weighted by Gasteiger charge is -2.20. The van der Waals surface area contributed by atoms with Crippen molar-refractivity contribution in [1.82, 2.24) is 20.7 Å². The van der Waals surface area contributed by atoms with Crippen LogP contribution < -0.4 is 5.32 Å². The Hall–Kier alpha value is -1.03. The van der Waals surface area contributed by atoms with Crippen LogP contribution in [0.25, 0.3) is 0 Å². The number of nitrogens with one attached hydrogen (secondary N) is 1. The van der Waals surface area contributed by atoms with E-state index < -0.39 is 0 Å². The van der Waals surface area contributed by atoms with Crippen molar-refractivity contribution in [3.8, 4) is 0 Å². The first-order valence-electron chi connectivity index (χ1n) is 5.22. The SMILES string of the molecule is CCC1CCNCC1.c1cnnnc1. The van der Waals surface area contributed by atoms with Crippen LogP contribution in [0.15, 0.2) is 18.5 Å². The number of hydrogen-bond donors (Lipinski definition) is 1. The molecule has 2 rings (SSSR count). The first kappa shape index (κ1) is 11.0. The van der Waals surface area contributed by atoms with Crippen molar-refractivity contribution in [2.75, 3.05) is 13.1 Å². The molecule has 0 bridgehead atoms. The molecule has 1 aliphatic heterocycles. The Labute approximate surface area is 85.1 Å². The molecular formula is C10H18N4. The quantitative estimate of drug-likeness (QED) is 0.731. The van der Waals surface area contributed by atoms with E-state index in [1.54, 1.807) is 18.5 Å². The first-order chi connectivity index (χ1) is 6.93. The molecule has 1 aromatic heterocycles. The zero-order valence-electron chi connectivity index (χ0n) is 8.69. The first-order valence-corrected chi connectivity index (χ1v) is 5.22. The van der Waals surface area contributed by atoms with Gasteiger partial charge in [-0.05, 0) is 43.1 Å². The Morgan fingerprint density at radius 1 is 1.21 bits per heavy atom. The van der Waals surface area contributed by atoms with Crippen molar-refractivity contribution in [1.29, 1.82) is 0 Å². The summed E-state index contributed by atoms with van der Waals surface area (Å²) in [5.41, 5.74) is 0. The molecular weight excluding hydrogens is 176 g/mol. The zero-order valence-corrected chi connectivity index (χ0v) is 8.69. The number of hydrogen-bond acceptors (Lipinski definition) is 4. The van der Waals surface area contributed by atoms with E-state index >= 15 is 0 Å². The van der Waals surface area contributed by atoms with E-state index in [4.69, 9.17) is 0 Å². The third-order valence-corrected chi connectivity index (χ3v) is 2.44. The van der Waals surface area contributed by atoms with Gasteiger partial charge in [-0.25, -0.2) is 0 Å².